The van der Waals surface area contributed by atoms with Gasteiger partial charge < -0.3 is 14.5 Å². The molecule has 0 N–H and O–H groups in total. The number of likely N-dealkylation sites (tertiary alicyclic amines) is 1. The smallest absolute Gasteiger partial charge is 0.132 e. The topological polar surface area (TPSA) is 41.5 Å². The summed E-state index contributed by atoms with van der Waals surface area (Å²) >= 11 is 0. The highest BCUT2D eigenvalue weighted by Crippen LogP contribution is 2.31. The van der Waals surface area contributed by atoms with Gasteiger partial charge in [0, 0.05) is 32.4 Å². The van der Waals surface area contributed by atoms with Crippen LogP contribution in [-0.4, -0.2) is 60.3 Å². The van der Waals surface area contributed by atoms with Crippen LogP contribution in [0.3, 0.4) is 0 Å². The third-order valence-corrected chi connectivity index (χ3v) is 4.23. The lowest BCUT2D eigenvalue weighted by atomic mass is 9.89. The molecule has 3 rings (SSSR count). The fraction of sp³-hybridized carbons (Fsp3) is 0.714. The zero-order valence-electron chi connectivity index (χ0n) is 11.8. The number of aryl methyl sites for hydroxylation is 1. The lowest BCUT2D eigenvalue weighted by molar-refractivity contribution is -0.0884. The number of ether oxygens (including phenoxy) is 1. The highest BCUT2D eigenvalue weighted by atomic mass is 16.5. The van der Waals surface area contributed by atoms with E-state index in [1.165, 1.54) is 0 Å². The monoisotopic (exact) mass is 262 g/mol. The predicted octanol–water partition coefficient (Wildman–Crippen LogP) is 1.09. The molecule has 3 heterocycles. The number of piperidine rings is 1. The zero-order chi connectivity index (χ0) is 13.3. The van der Waals surface area contributed by atoms with Gasteiger partial charge in [0.05, 0.1) is 12.2 Å². The first-order valence-corrected chi connectivity index (χ1v) is 7.04. The van der Waals surface area contributed by atoms with E-state index in [4.69, 9.17) is 4.74 Å². The van der Waals surface area contributed by atoms with Crippen molar-refractivity contribution in [2.24, 2.45) is 0 Å². The second-order valence-corrected chi connectivity index (χ2v) is 5.72. The van der Waals surface area contributed by atoms with Gasteiger partial charge in [-0.25, -0.2) is 9.97 Å². The maximum Gasteiger partial charge on any atom is 0.132 e. The number of nitrogens with zero attached hydrogens (tertiary/aromatic N) is 4. The maximum atomic E-state index is 6.12. The van der Waals surface area contributed by atoms with E-state index in [1.807, 2.05) is 19.2 Å². The van der Waals surface area contributed by atoms with Crippen LogP contribution in [0.25, 0.3) is 0 Å². The highest BCUT2D eigenvalue weighted by molar-refractivity contribution is 5.38. The largest absolute Gasteiger partial charge is 0.371 e. The Morgan fingerprint density at radius 2 is 2.05 bits per heavy atom. The summed E-state index contributed by atoms with van der Waals surface area (Å²) in [5, 5.41) is 0. The standard InChI is InChI=1S/C14H22N4O/c1-12-15-6-3-13(16-12)18-9-10-19-14(11-18)4-7-17(2)8-5-14/h3,6H,4-5,7-11H2,1-2H3. The Hall–Kier alpha value is -1.20. The van der Waals surface area contributed by atoms with Crippen molar-refractivity contribution in [1.29, 1.82) is 0 Å². The van der Waals surface area contributed by atoms with Crippen LogP contribution in [0.5, 0.6) is 0 Å². The summed E-state index contributed by atoms with van der Waals surface area (Å²) in [5.41, 5.74) is 0.0314. The van der Waals surface area contributed by atoms with Gasteiger partial charge in [0.2, 0.25) is 0 Å². The number of hydrogen-bond acceptors (Lipinski definition) is 5. The van der Waals surface area contributed by atoms with Crippen molar-refractivity contribution in [3.8, 4) is 0 Å². The van der Waals surface area contributed by atoms with E-state index in [2.05, 4.69) is 26.8 Å². The van der Waals surface area contributed by atoms with Gasteiger partial charge >= 0.3 is 0 Å². The molecule has 0 bridgehead atoms. The molecule has 2 saturated heterocycles. The number of anilines is 1. The zero-order valence-corrected chi connectivity index (χ0v) is 11.8. The molecule has 0 saturated carbocycles. The number of morpholine rings is 1. The maximum absolute atomic E-state index is 6.12. The molecule has 2 aliphatic rings. The van der Waals surface area contributed by atoms with Crippen molar-refractivity contribution in [2.75, 3.05) is 44.7 Å². The van der Waals surface area contributed by atoms with Crippen molar-refractivity contribution >= 4 is 5.82 Å². The molecule has 2 aliphatic heterocycles. The average Bonchev–Trinajstić information content (AvgIpc) is 2.43. The Labute approximate surface area is 114 Å². The Kier molecular flexibility index (Phi) is 3.41. The molecular formula is C14H22N4O. The van der Waals surface area contributed by atoms with E-state index in [9.17, 15) is 0 Å². The van der Waals surface area contributed by atoms with Crippen LogP contribution in [0.2, 0.25) is 0 Å². The van der Waals surface area contributed by atoms with Crippen molar-refractivity contribution in [2.45, 2.75) is 25.4 Å². The summed E-state index contributed by atoms with van der Waals surface area (Å²) in [7, 11) is 2.18. The minimum Gasteiger partial charge on any atom is -0.371 e. The number of aromatic nitrogens is 2. The minimum absolute atomic E-state index is 0.0314. The molecular weight excluding hydrogens is 240 g/mol. The van der Waals surface area contributed by atoms with Crippen LogP contribution < -0.4 is 4.90 Å². The molecule has 5 heteroatoms. The summed E-state index contributed by atoms with van der Waals surface area (Å²) in [6.45, 7) is 6.86. The molecule has 2 fully saturated rings. The van der Waals surface area contributed by atoms with Gasteiger partial charge in [0.25, 0.3) is 0 Å². The normalized spacial score (nSPS) is 23.8. The quantitative estimate of drug-likeness (QED) is 0.758. The Balaban J connectivity index is 1.74. The van der Waals surface area contributed by atoms with Crippen molar-refractivity contribution in [1.82, 2.24) is 14.9 Å². The molecule has 1 aromatic rings. The van der Waals surface area contributed by atoms with Gasteiger partial charge in [-0.05, 0) is 32.9 Å². The van der Waals surface area contributed by atoms with Gasteiger partial charge in [-0.3, -0.25) is 0 Å². The van der Waals surface area contributed by atoms with Crippen molar-refractivity contribution in [3.05, 3.63) is 18.1 Å². The van der Waals surface area contributed by atoms with Crippen molar-refractivity contribution in [3.63, 3.8) is 0 Å². The van der Waals surface area contributed by atoms with Gasteiger partial charge in [-0.15, -0.1) is 0 Å². The third-order valence-electron chi connectivity index (χ3n) is 4.23. The molecule has 0 radical (unpaired) electrons. The van der Waals surface area contributed by atoms with E-state index < -0.39 is 0 Å². The first-order valence-electron chi connectivity index (χ1n) is 7.04. The molecule has 0 aromatic carbocycles. The summed E-state index contributed by atoms with van der Waals surface area (Å²) < 4.78 is 6.12. The van der Waals surface area contributed by atoms with Gasteiger partial charge in [0.1, 0.15) is 11.6 Å². The van der Waals surface area contributed by atoms with Crippen LogP contribution in [0, 0.1) is 6.92 Å². The average molecular weight is 262 g/mol. The summed E-state index contributed by atoms with van der Waals surface area (Å²) in [6.07, 6.45) is 4.07. The fourth-order valence-corrected chi connectivity index (χ4v) is 2.99. The van der Waals surface area contributed by atoms with Gasteiger partial charge in [-0.1, -0.05) is 0 Å². The summed E-state index contributed by atoms with van der Waals surface area (Å²) in [6, 6.07) is 2.00. The second kappa shape index (κ2) is 5.06. The second-order valence-electron chi connectivity index (χ2n) is 5.72. The third kappa shape index (κ3) is 2.72. The van der Waals surface area contributed by atoms with E-state index in [0.29, 0.717) is 0 Å². The van der Waals surface area contributed by atoms with E-state index in [1.54, 1.807) is 0 Å². The van der Waals surface area contributed by atoms with E-state index >= 15 is 0 Å². The lowest BCUT2D eigenvalue weighted by Crippen LogP contribution is -2.56. The van der Waals surface area contributed by atoms with Gasteiger partial charge in [0.15, 0.2) is 0 Å². The molecule has 5 nitrogen and oxygen atoms in total. The number of hydrogen-bond donors (Lipinski definition) is 0. The SMILES string of the molecule is Cc1nccc(N2CCOC3(CCN(C)CC3)C2)n1. The van der Waals surface area contributed by atoms with Crippen LogP contribution in [0.15, 0.2) is 12.3 Å². The molecule has 104 valence electrons. The molecule has 1 spiro atoms. The van der Waals surface area contributed by atoms with Crippen molar-refractivity contribution < 1.29 is 4.74 Å². The molecule has 0 amide bonds. The first kappa shape index (κ1) is 12.8. The molecule has 19 heavy (non-hydrogen) atoms. The minimum atomic E-state index is 0.0314. The Bertz CT molecular complexity index is 443. The van der Waals surface area contributed by atoms with Crippen LogP contribution in [-0.2, 0) is 4.74 Å². The Morgan fingerprint density at radius 1 is 1.26 bits per heavy atom. The predicted molar refractivity (Wildman–Crippen MR) is 74.4 cm³/mol. The Morgan fingerprint density at radius 3 is 2.79 bits per heavy atom. The summed E-state index contributed by atoms with van der Waals surface area (Å²) in [4.78, 5) is 13.4. The first-order chi connectivity index (χ1) is 9.17. The van der Waals surface area contributed by atoms with E-state index in [0.717, 1.165) is 57.3 Å². The molecule has 0 aliphatic carbocycles. The van der Waals surface area contributed by atoms with Gasteiger partial charge in [-0.2, -0.15) is 0 Å². The van der Waals surface area contributed by atoms with Crippen LogP contribution >= 0.6 is 0 Å². The van der Waals surface area contributed by atoms with Crippen LogP contribution in [0.4, 0.5) is 5.82 Å². The molecule has 0 atom stereocenters. The number of rotatable bonds is 1. The molecule has 1 aromatic heterocycles. The van der Waals surface area contributed by atoms with E-state index in [-0.39, 0.29) is 5.60 Å². The fourth-order valence-electron chi connectivity index (χ4n) is 2.99. The van der Waals surface area contributed by atoms with Crippen LogP contribution in [0.1, 0.15) is 18.7 Å². The lowest BCUT2D eigenvalue weighted by Gasteiger charge is -2.47. The molecule has 0 unspecified atom stereocenters. The highest BCUT2D eigenvalue weighted by Gasteiger charge is 2.39. The summed E-state index contributed by atoms with van der Waals surface area (Å²) in [5.74, 6) is 1.87.